The van der Waals surface area contributed by atoms with E-state index >= 15 is 0 Å². The van der Waals surface area contributed by atoms with Crippen LogP contribution in [0.3, 0.4) is 0 Å². The summed E-state index contributed by atoms with van der Waals surface area (Å²) >= 11 is 11.5. The van der Waals surface area contributed by atoms with Crippen LogP contribution in [0.15, 0.2) is 24.5 Å². The first-order chi connectivity index (χ1) is 6.27. The van der Waals surface area contributed by atoms with Crippen LogP contribution in [0.2, 0.25) is 10.2 Å². The summed E-state index contributed by atoms with van der Waals surface area (Å²) in [5.74, 6) is 0.573. The quantitative estimate of drug-likeness (QED) is 0.727. The average molecular weight is 213 g/mol. The predicted molar refractivity (Wildman–Crippen MR) is 50.2 cm³/mol. The summed E-state index contributed by atoms with van der Waals surface area (Å²) in [6, 6.07) is 3.50. The van der Waals surface area contributed by atoms with E-state index in [-0.39, 0.29) is 0 Å². The van der Waals surface area contributed by atoms with E-state index in [1.54, 1.807) is 29.1 Å². The number of aromatic nitrogens is 3. The summed E-state index contributed by atoms with van der Waals surface area (Å²) < 4.78 is 1.55. The number of pyridine rings is 1. The van der Waals surface area contributed by atoms with Crippen LogP contribution in [0.5, 0.6) is 0 Å². The molecule has 0 saturated carbocycles. The van der Waals surface area contributed by atoms with Crippen LogP contribution in [-0.2, 0) is 0 Å². The number of imidazole rings is 1. The van der Waals surface area contributed by atoms with Gasteiger partial charge in [0.15, 0.2) is 12.1 Å². The topological polar surface area (TPSA) is 30.7 Å². The van der Waals surface area contributed by atoms with Gasteiger partial charge in [-0.3, -0.25) is 4.57 Å². The fourth-order valence-corrected chi connectivity index (χ4v) is 1.28. The van der Waals surface area contributed by atoms with Gasteiger partial charge in [0.25, 0.3) is 0 Å². The minimum absolute atomic E-state index is 0.363. The molecule has 0 atom stereocenters. The van der Waals surface area contributed by atoms with Gasteiger partial charge in [0.2, 0.25) is 0 Å². The molecule has 0 amide bonds. The average Bonchev–Trinajstić information content (AvgIpc) is 2.53. The zero-order valence-electron chi connectivity index (χ0n) is 6.41. The molecule has 3 nitrogen and oxygen atoms in total. The lowest BCUT2D eigenvalue weighted by Gasteiger charge is -2.00. The summed E-state index contributed by atoms with van der Waals surface area (Å²) in [6.45, 7) is 0. The first kappa shape index (κ1) is 8.53. The number of nitrogens with zero attached hydrogens (tertiary/aromatic N) is 3. The predicted octanol–water partition coefficient (Wildman–Crippen LogP) is 2.37. The van der Waals surface area contributed by atoms with Crippen LogP contribution in [0.25, 0.3) is 5.82 Å². The van der Waals surface area contributed by atoms with Crippen molar-refractivity contribution in [1.29, 1.82) is 0 Å². The Morgan fingerprint density at radius 3 is 2.85 bits per heavy atom. The molecule has 1 radical (unpaired) electrons. The minimum atomic E-state index is 0.363. The van der Waals surface area contributed by atoms with Gasteiger partial charge in [-0.2, -0.15) is 0 Å². The van der Waals surface area contributed by atoms with E-state index in [9.17, 15) is 0 Å². The highest BCUT2D eigenvalue weighted by molar-refractivity contribution is 6.32. The van der Waals surface area contributed by atoms with Gasteiger partial charge in [0, 0.05) is 6.20 Å². The molecule has 0 saturated heterocycles. The van der Waals surface area contributed by atoms with Crippen molar-refractivity contribution >= 4 is 23.2 Å². The second kappa shape index (κ2) is 3.36. The third kappa shape index (κ3) is 1.66. The molecule has 13 heavy (non-hydrogen) atoms. The Bertz CT molecular complexity index is 425. The van der Waals surface area contributed by atoms with Crippen LogP contribution in [0, 0.1) is 6.33 Å². The van der Waals surface area contributed by atoms with E-state index in [2.05, 4.69) is 16.3 Å². The van der Waals surface area contributed by atoms with Gasteiger partial charge in [-0.25, -0.2) is 9.97 Å². The monoisotopic (exact) mass is 212 g/mol. The molecule has 65 valence electrons. The van der Waals surface area contributed by atoms with E-state index in [1.807, 2.05) is 0 Å². The fourth-order valence-electron chi connectivity index (χ4n) is 0.929. The Labute approximate surface area is 85.0 Å². The molecule has 2 heterocycles. The largest absolute Gasteiger partial charge is 0.278 e. The van der Waals surface area contributed by atoms with Crippen LogP contribution < -0.4 is 0 Å². The second-order valence-electron chi connectivity index (χ2n) is 2.34. The van der Waals surface area contributed by atoms with Crippen molar-refractivity contribution in [2.75, 3.05) is 0 Å². The molecule has 0 aliphatic rings. The molecule has 0 aromatic carbocycles. The first-order valence-electron chi connectivity index (χ1n) is 3.51. The Hall–Kier alpha value is -1.06. The Morgan fingerprint density at radius 1 is 1.38 bits per heavy atom. The lowest BCUT2D eigenvalue weighted by atomic mass is 10.4. The van der Waals surface area contributed by atoms with Crippen molar-refractivity contribution < 1.29 is 0 Å². The molecular formula is C8H4Cl2N3. The smallest absolute Gasteiger partial charge is 0.184 e. The number of hydrogen-bond acceptors (Lipinski definition) is 2. The third-order valence-electron chi connectivity index (χ3n) is 1.47. The van der Waals surface area contributed by atoms with E-state index in [0.29, 0.717) is 16.0 Å². The standard InChI is InChI=1S/C8H4Cl2N3/c9-6-2-1-3-11-8(6)13-4-7(10)12-5-13/h1-4H. The van der Waals surface area contributed by atoms with Crippen LogP contribution in [0.4, 0.5) is 0 Å². The van der Waals surface area contributed by atoms with Gasteiger partial charge >= 0.3 is 0 Å². The van der Waals surface area contributed by atoms with Gasteiger partial charge in [0.1, 0.15) is 5.15 Å². The molecule has 0 spiro atoms. The van der Waals surface area contributed by atoms with Crippen molar-refractivity contribution in [1.82, 2.24) is 14.5 Å². The summed E-state index contributed by atoms with van der Waals surface area (Å²) in [6.07, 6.45) is 5.89. The summed E-state index contributed by atoms with van der Waals surface area (Å²) in [7, 11) is 0. The SMILES string of the molecule is Clc1cn(-c2ncccc2Cl)[c]n1. The van der Waals surface area contributed by atoms with Gasteiger partial charge < -0.3 is 0 Å². The Morgan fingerprint density at radius 2 is 2.23 bits per heavy atom. The lowest BCUT2D eigenvalue weighted by Crippen LogP contribution is -1.94. The fraction of sp³-hybridized carbons (Fsp3) is 0. The number of halogens is 2. The number of hydrogen-bond donors (Lipinski definition) is 0. The van der Waals surface area contributed by atoms with Gasteiger partial charge in [-0.1, -0.05) is 23.2 Å². The highest BCUT2D eigenvalue weighted by atomic mass is 35.5. The molecule has 5 heteroatoms. The summed E-state index contributed by atoms with van der Waals surface area (Å²) in [4.78, 5) is 7.80. The van der Waals surface area contributed by atoms with Crippen molar-refractivity contribution in [3.05, 3.63) is 41.0 Å². The van der Waals surface area contributed by atoms with Gasteiger partial charge in [-0.15, -0.1) is 0 Å². The molecule has 0 bridgehead atoms. The first-order valence-corrected chi connectivity index (χ1v) is 4.26. The van der Waals surface area contributed by atoms with E-state index in [1.165, 1.54) is 0 Å². The highest BCUT2D eigenvalue weighted by Gasteiger charge is 2.04. The third-order valence-corrected chi connectivity index (χ3v) is 1.94. The maximum absolute atomic E-state index is 5.89. The molecule has 2 aromatic rings. The number of rotatable bonds is 1. The molecule has 0 N–H and O–H groups in total. The minimum Gasteiger partial charge on any atom is -0.278 e. The van der Waals surface area contributed by atoms with Crippen LogP contribution >= 0.6 is 23.2 Å². The van der Waals surface area contributed by atoms with Crippen molar-refractivity contribution in [3.8, 4) is 5.82 Å². The van der Waals surface area contributed by atoms with Gasteiger partial charge in [-0.05, 0) is 12.1 Å². The summed E-state index contributed by atoms with van der Waals surface area (Å²) in [5.41, 5.74) is 0. The van der Waals surface area contributed by atoms with Crippen LogP contribution in [0.1, 0.15) is 0 Å². The summed E-state index contributed by atoms with van der Waals surface area (Å²) in [5, 5.41) is 0.898. The Kier molecular flexibility index (Phi) is 2.20. The molecule has 0 fully saturated rings. The second-order valence-corrected chi connectivity index (χ2v) is 3.14. The molecule has 0 aliphatic heterocycles. The molecule has 0 unspecified atom stereocenters. The maximum atomic E-state index is 5.89. The zero-order chi connectivity index (χ0) is 9.26. The molecule has 2 aromatic heterocycles. The Balaban J connectivity index is 2.52. The molecular weight excluding hydrogens is 209 g/mol. The van der Waals surface area contributed by atoms with E-state index < -0.39 is 0 Å². The van der Waals surface area contributed by atoms with E-state index in [4.69, 9.17) is 23.2 Å². The lowest BCUT2D eigenvalue weighted by molar-refractivity contribution is 0.983. The molecule has 0 aliphatic carbocycles. The highest BCUT2D eigenvalue weighted by Crippen LogP contribution is 2.17. The maximum Gasteiger partial charge on any atom is 0.184 e. The zero-order valence-corrected chi connectivity index (χ0v) is 7.92. The van der Waals surface area contributed by atoms with E-state index in [0.717, 1.165) is 0 Å². The molecule has 2 rings (SSSR count). The van der Waals surface area contributed by atoms with Crippen molar-refractivity contribution in [2.45, 2.75) is 0 Å². The normalized spacial score (nSPS) is 10.3. The van der Waals surface area contributed by atoms with Crippen molar-refractivity contribution in [2.24, 2.45) is 0 Å². The van der Waals surface area contributed by atoms with Gasteiger partial charge in [0.05, 0.1) is 11.2 Å². The van der Waals surface area contributed by atoms with Crippen molar-refractivity contribution in [3.63, 3.8) is 0 Å². The van der Waals surface area contributed by atoms with Crippen LogP contribution in [-0.4, -0.2) is 14.5 Å².